The van der Waals surface area contributed by atoms with Gasteiger partial charge in [0.25, 0.3) is 0 Å². The van der Waals surface area contributed by atoms with Gasteiger partial charge in [-0.3, -0.25) is 9.80 Å². The van der Waals surface area contributed by atoms with Gasteiger partial charge >= 0.3 is 0 Å². The van der Waals surface area contributed by atoms with Crippen LogP contribution >= 0.6 is 0 Å². The van der Waals surface area contributed by atoms with E-state index in [1.807, 2.05) is 0 Å². The summed E-state index contributed by atoms with van der Waals surface area (Å²) in [6, 6.07) is 0. The first-order chi connectivity index (χ1) is 13.3. The van der Waals surface area contributed by atoms with Crippen molar-refractivity contribution < 1.29 is 0 Å². The predicted octanol–water partition coefficient (Wildman–Crippen LogP) is -2.50. The molecule has 3 aliphatic heterocycles. The van der Waals surface area contributed by atoms with Crippen LogP contribution in [-0.4, -0.2) is 140 Å². The normalized spacial score (nSPS) is 30.6. The van der Waals surface area contributed by atoms with E-state index in [0.29, 0.717) is 0 Å². The second-order valence-electron chi connectivity index (χ2n) is 7.74. The van der Waals surface area contributed by atoms with Gasteiger partial charge in [0, 0.05) is 118 Å². The van der Waals surface area contributed by atoms with Crippen LogP contribution in [0, 0.1) is 0 Å². The van der Waals surface area contributed by atoms with Crippen molar-refractivity contribution in [1.29, 1.82) is 0 Å². The van der Waals surface area contributed by atoms with E-state index in [0.717, 1.165) is 118 Å². The van der Waals surface area contributed by atoms with Gasteiger partial charge in [0.15, 0.2) is 0 Å². The number of likely N-dealkylation sites (N-methyl/N-ethyl adjacent to an activating group) is 1. The molecule has 5 N–H and O–H groups in total. The molecule has 8 nitrogen and oxygen atoms in total. The highest BCUT2D eigenvalue weighted by atomic mass is 15.2. The zero-order chi connectivity index (χ0) is 19.0. The Kier molecular flexibility index (Phi) is 13.3. The maximum absolute atomic E-state index is 3.63. The zero-order valence-corrected chi connectivity index (χ0v) is 17.6. The molecule has 0 aliphatic carbocycles. The van der Waals surface area contributed by atoms with E-state index < -0.39 is 0 Å². The van der Waals surface area contributed by atoms with Crippen molar-refractivity contribution in [3.05, 3.63) is 0 Å². The molecule has 3 heterocycles. The number of hydrogen-bond acceptors (Lipinski definition) is 8. The van der Waals surface area contributed by atoms with Crippen LogP contribution in [0.3, 0.4) is 0 Å². The molecule has 3 saturated heterocycles. The summed E-state index contributed by atoms with van der Waals surface area (Å²) in [4.78, 5) is 7.62. The summed E-state index contributed by atoms with van der Waals surface area (Å²) in [5.74, 6) is 0. The van der Waals surface area contributed by atoms with Crippen molar-refractivity contribution in [3.63, 3.8) is 0 Å². The Bertz CT molecular complexity index is 324. The molecule has 3 aliphatic rings. The first-order valence-corrected chi connectivity index (χ1v) is 11.0. The maximum Gasteiger partial charge on any atom is 0.0110 e. The molecule has 0 amide bonds. The van der Waals surface area contributed by atoms with E-state index >= 15 is 0 Å². The van der Waals surface area contributed by atoms with Crippen molar-refractivity contribution >= 4 is 0 Å². The Balaban J connectivity index is 1.91. The highest BCUT2D eigenvalue weighted by Gasteiger charge is 2.08. The Morgan fingerprint density at radius 2 is 0.704 bits per heavy atom. The van der Waals surface area contributed by atoms with Gasteiger partial charge in [-0.1, -0.05) is 0 Å². The van der Waals surface area contributed by atoms with Crippen molar-refractivity contribution in [2.24, 2.45) is 0 Å². The Morgan fingerprint density at radius 1 is 0.370 bits per heavy atom. The molecular weight excluding hydrogens is 340 g/mol. The van der Waals surface area contributed by atoms with E-state index in [4.69, 9.17) is 0 Å². The van der Waals surface area contributed by atoms with Crippen LogP contribution in [0.5, 0.6) is 0 Å². The van der Waals surface area contributed by atoms with Gasteiger partial charge in [-0.25, -0.2) is 0 Å². The third kappa shape index (κ3) is 12.0. The van der Waals surface area contributed by atoms with Crippen LogP contribution in [0.2, 0.25) is 0 Å². The fourth-order valence-electron chi connectivity index (χ4n) is 3.53. The second kappa shape index (κ2) is 15.6. The SMILES string of the molecule is CN1CCNCCN2CCNCCNCCN(CCNCCNCC2)CC1. The van der Waals surface area contributed by atoms with Gasteiger partial charge in [0.05, 0.1) is 0 Å². The van der Waals surface area contributed by atoms with Crippen LogP contribution in [0.4, 0.5) is 0 Å². The number of nitrogens with one attached hydrogen (secondary N) is 5. The Morgan fingerprint density at radius 3 is 1.15 bits per heavy atom. The third-order valence-corrected chi connectivity index (χ3v) is 5.45. The molecule has 0 aromatic carbocycles. The number of fused-ring (bicyclic) bond motifs is 21. The summed E-state index contributed by atoms with van der Waals surface area (Å²) < 4.78 is 0. The lowest BCUT2D eigenvalue weighted by atomic mass is 10.3. The van der Waals surface area contributed by atoms with Crippen molar-refractivity contribution in [2.45, 2.75) is 0 Å². The predicted molar refractivity (Wildman–Crippen MR) is 115 cm³/mol. The van der Waals surface area contributed by atoms with Crippen LogP contribution < -0.4 is 26.6 Å². The quantitative estimate of drug-likeness (QED) is 0.314. The molecule has 0 saturated carbocycles. The van der Waals surface area contributed by atoms with Gasteiger partial charge in [-0.2, -0.15) is 0 Å². The average molecular weight is 385 g/mol. The first-order valence-electron chi connectivity index (χ1n) is 11.0. The largest absolute Gasteiger partial charge is 0.314 e. The minimum absolute atomic E-state index is 1.05. The van der Waals surface area contributed by atoms with Crippen LogP contribution in [0.1, 0.15) is 0 Å². The summed E-state index contributed by atoms with van der Waals surface area (Å²) in [5.41, 5.74) is 0. The maximum atomic E-state index is 3.63. The number of rotatable bonds is 0. The van der Waals surface area contributed by atoms with Crippen molar-refractivity contribution in [2.75, 3.05) is 125 Å². The summed E-state index contributed by atoms with van der Waals surface area (Å²) >= 11 is 0. The highest BCUT2D eigenvalue weighted by molar-refractivity contribution is 4.69. The average Bonchev–Trinajstić information content (AvgIpc) is 2.67. The Labute approximate surface area is 166 Å². The molecule has 3 rings (SSSR count). The van der Waals surface area contributed by atoms with E-state index in [-0.39, 0.29) is 0 Å². The summed E-state index contributed by atoms with van der Waals surface area (Å²) in [6.45, 7) is 19.6. The van der Waals surface area contributed by atoms with Crippen LogP contribution in [0.25, 0.3) is 0 Å². The Hall–Kier alpha value is -0.320. The molecule has 0 spiro atoms. The summed E-state index contributed by atoms with van der Waals surface area (Å²) in [7, 11) is 2.25. The van der Waals surface area contributed by atoms with E-state index in [2.05, 4.69) is 48.3 Å². The monoisotopic (exact) mass is 384 g/mol. The minimum Gasteiger partial charge on any atom is -0.314 e. The zero-order valence-electron chi connectivity index (χ0n) is 17.6. The molecule has 2 bridgehead atoms. The van der Waals surface area contributed by atoms with Gasteiger partial charge in [-0.05, 0) is 7.05 Å². The van der Waals surface area contributed by atoms with Crippen LogP contribution in [0.15, 0.2) is 0 Å². The molecule has 0 atom stereocenters. The fourth-order valence-corrected chi connectivity index (χ4v) is 3.53. The lowest BCUT2D eigenvalue weighted by Crippen LogP contribution is -2.45. The number of nitrogens with zero attached hydrogens (tertiary/aromatic N) is 3. The molecule has 0 unspecified atom stereocenters. The molecule has 27 heavy (non-hydrogen) atoms. The molecule has 160 valence electrons. The summed E-state index contributed by atoms with van der Waals surface area (Å²) in [5, 5.41) is 18.0. The minimum atomic E-state index is 1.05. The smallest absolute Gasteiger partial charge is 0.0110 e. The number of hydrogen-bond donors (Lipinski definition) is 5. The summed E-state index contributed by atoms with van der Waals surface area (Å²) in [6.07, 6.45) is 0. The van der Waals surface area contributed by atoms with Gasteiger partial charge in [0.1, 0.15) is 0 Å². The highest BCUT2D eigenvalue weighted by Crippen LogP contribution is 1.91. The van der Waals surface area contributed by atoms with Crippen LogP contribution in [-0.2, 0) is 0 Å². The lowest BCUT2D eigenvalue weighted by Gasteiger charge is -2.27. The lowest BCUT2D eigenvalue weighted by molar-refractivity contribution is 0.221. The molecule has 3 fully saturated rings. The standard InChI is InChI=1S/C19H44N8/c1-25-12-6-24-11-15-26-13-7-20-2-4-22-9-16-27(19-18-25)17-10-23-5-3-21-8-14-26/h20-24H,2-19H2,1H3. The van der Waals surface area contributed by atoms with E-state index in [1.165, 1.54) is 0 Å². The molecular formula is C19H44N8. The molecule has 0 aromatic heterocycles. The van der Waals surface area contributed by atoms with E-state index in [9.17, 15) is 0 Å². The third-order valence-electron chi connectivity index (χ3n) is 5.45. The molecule has 8 heteroatoms. The topological polar surface area (TPSA) is 69.9 Å². The van der Waals surface area contributed by atoms with Gasteiger partial charge in [0.2, 0.25) is 0 Å². The van der Waals surface area contributed by atoms with Gasteiger partial charge in [-0.15, -0.1) is 0 Å². The second-order valence-corrected chi connectivity index (χ2v) is 7.74. The molecule has 0 aromatic rings. The van der Waals surface area contributed by atoms with Crippen molar-refractivity contribution in [1.82, 2.24) is 41.3 Å². The van der Waals surface area contributed by atoms with Gasteiger partial charge < -0.3 is 31.5 Å². The first kappa shape index (κ1) is 23.0. The van der Waals surface area contributed by atoms with E-state index in [1.54, 1.807) is 0 Å². The molecule has 0 radical (unpaired) electrons. The van der Waals surface area contributed by atoms with Crippen molar-refractivity contribution in [3.8, 4) is 0 Å². The fraction of sp³-hybridized carbons (Fsp3) is 1.00.